The summed E-state index contributed by atoms with van der Waals surface area (Å²) in [4.78, 5) is 17.5. The number of hydrogen-bond donors (Lipinski definition) is 2. The van der Waals surface area contributed by atoms with E-state index in [1.54, 1.807) is 0 Å². The highest BCUT2D eigenvalue weighted by molar-refractivity contribution is 6.31. The molecule has 2 aliphatic heterocycles. The maximum atomic E-state index is 13.2. The lowest BCUT2D eigenvalue weighted by Crippen LogP contribution is -2.40. The zero-order chi connectivity index (χ0) is 22.9. The molecule has 178 valence electrons. The fourth-order valence-electron chi connectivity index (χ4n) is 5.99. The van der Waals surface area contributed by atoms with Crippen LogP contribution in [0.2, 0.25) is 5.02 Å². The molecule has 6 nitrogen and oxygen atoms in total. The van der Waals surface area contributed by atoms with E-state index in [9.17, 15) is 9.90 Å². The van der Waals surface area contributed by atoms with Gasteiger partial charge >= 0.3 is 0 Å². The molecule has 0 bridgehead atoms. The summed E-state index contributed by atoms with van der Waals surface area (Å²) in [6.07, 6.45) is 7.88. The molecular weight excluding hydrogens is 436 g/mol. The van der Waals surface area contributed by atoms with Crippen molar-refractivity contribution < 1.29 is 9.90 Å². The normalized spacial score (nSPS) is 22.1. The van der Waals surface area contributed by atoms with Gasteiger partial charge in [-0.2, -0.15) is 5.10 Å². The Hall–Kier alpha value is -2.05. The number of fused-ring (bicyclic) bond motifs is 1. The molecule has 33 heavy (non-hydrogen) atoms. The lowest BCUT2D eigenvalue weighted by molar-refractivity contribution is 0.0540. The second kappa shape index (κ2) is 9.67. The molecule has 7 heteroatoms. The molecule has 2 saturated heterocycles. The summed E-state index contributed by atoms with van der Waals surface area (Å²) >= 11 is 6.33. The number of halogens is 1. The highest BCUT2D eigenvalue weighted by atomic mass is 35.5. The number of rotatable bonds is 5. The minimum absolute atomic E-state index is 0.0627. The van der Waals surface area contributed by atoms with E-state index >= 15 is 0 Å². The van der Waals surface area contributed by atoms with Crippen molar-refractivity contribution in [2.24, 2.45) is 5.92 Å². The Morgan fingerprint density at radius 1 is 1.12 bits per heavy atom. The number of aryl methyl sites for hydroxylation is 1. The number of carbonyl (C=O) groups excluding carboxylic acids is 1. The van der Waals surface area contributed by atoms with E-state index in [0.29, 0.717) is 37.5 Å². The van der Waals surface area contributed by atoms with E-state index in [4.69, 9.17) is 11.6 Å². The number of aromatic nitrogens is 2. The van der Waals surface area contributed by atoms with E-state index < -0.39 is 0 Å². The molecule has 0 radical (unpaired) electrons. The van der Waals surface area contributed by atoms with Crippen LogP contribution in [0, 0.1) is 12.8 Å². The third-order valence-corrected chi connectivity index (χ3v) is 8.51. The third-order valence-electron chi connectivity index (χ3n) is 8.10. The lowest BCUT2D eigenvalue weighted by atomic mass is 9.86. The average molecular weight is 471 g/mol. The Morgan fingerprint density at radius 2 is 1.88 bits per heavy atom. The number of aliphatic hydroxyl groups excluding tert-OH is 1. The largest absolute Gasteiger partial charge is 0.393 e. The van der Waals surface area contributed by atoms with Crippen LogP contribution in [0.25, 0.3) is 0 Å². The van der Waals surface area contributed by atoms with Crippen molar-refractivity contribution in [3.05, 3.63) is 45.7 Å². The second-order valence-corrected chi connectivity index (χ2v) is 10.5. The topological polar surface area (TPSA) is 72.5 Å². The smallest absolute Gasteiger partial charge is 0.272 e. The van der Waals surface area contributed by atoms with Crippen molar-refractivity contribution in [2.45, 2.75) is 70.3 Å². The molecule has 2 aromatic rings. The average Bonchev–Trinajstić information content (AvgIpc) is 3.43. The summed E-state index contributed by atoms with van der Waals surface area (Å²) in [7, 11) is 0. The van der Waals surface area contributed by atoms with Crippen molar-refractivity contribution in [1.29, 1.82) is 0 Å². The monoisotopic (exact) mass is 470 g/mol. The number of amides is 1. The fraction of sp³-hybridized carbons (Fsp3) is 0.615. The van der Waals surface area contributed by atoms with Gasteiger partial charge in [0, 0.05) is 42.5 Å². The Bertz CT molecular complexity index is 990. The minimum atomic E-state index is -0.275. The predicted molar refractivity (Wildman–Crippen MR) is 131 cm³/mol. The summed E-state index contributed by atoms with van der Waals surface area (Å²) in [5, 5.41) is 18.2. The first kappa shape index (κ1) is 22.7. The number of nitrogens with one attached hydrogen (secondary N) is 1. The SMILES string of the molecule is Cc1c(Cl)cccc1N1CCC(CCC2CCc3n[nH]c(C(=O)N4CCC(O)CC4)c32)CC1. The van der Waals surface area contributed by atoms with Gasteiger partial charge in [-0.15, -0.1) is 0 Å². The first-order chi connectivity index (χ1) is 16.0. The van der Waals surface area contributed by atoms with Gasteiger partial charge in [0.15, 0.2) is 0 Å². The van der Waals surface area contributed by atoms with Crippen molar-refractivity contribution in [2.75, 3.05) is 31.1 Å². The Morgan fingerprint density at radius 3 is 2.64 bits per heavy atom. The number of aromatic amines is 1. The summed E-state index contributed by atoms with van der Waals surface area (Å²) in [5.41, 5.74) is 5.42. The maximum Gasteiger partial charge on any atom is 0.272 e. The summed E-state index contributed by atoms with van der Waals surface area (Å²) < 4.78 is 0. The van der Waals surface area contributed by atoms with Gasteiger partial charge in [0.05, 0.1) is 11.8 Å². The van der Waals surface area contributed by atoms with Gasteiger partial charge in [-0.05, 0) is 87.8 Å². The molecule has 2 fully saturated rings. The highest BCUT2D eigenvalue weighted by Gasteiger charge is 2.34. The molecule has 3 heterocycles. The Labute approximate surface area is 201 Å². The number of benzene rings is 1. The van der Waals surface area contributed by atoms with Crippen molar-refractivity contribution in [3.8, 4) is 0 Å². The Kier molecular flexibility index (Phi) is 6.66. The number of likely N-dealkylation sites (tertiary alicyclic amines) is 1. The van der Waals surface area contributed by atoms with Crippen molar-refractivity contribution in [3.63, 3.8) is 0 Å². The third kappa shape index (κ3) is 4.65. The lowest BCUT2D eigenvalue weighted by Gasteiger charge is -2.35. The number of hydrogen-bond acceptors (Lipinski definition) is 4. The van der Waals surface area contributed by atoms with Gasteiger partial charge in [-0.3, -0.25) is 9.89 Å². The number of anilines is 1. The standard InChI is InChI=1S/C26H35ClN4O2/c1-17-21(27)3-2-4-23(17)30-13-9-18(10-14-30)5-6-19-7-8-22-24(19)25(29-28-22)26(33)31-15-11-20(32)12-16-31/h2-4,18-20,32H,5-16H2,1H3,(H,28,29). The van der Waals surface area contributed by atoms with E-state index in [1.807, 2.05) is 17.0 Å². The van der Waals surface area contributed by atoms with Crippen LogP contribution in [0.3, 0.4) is 0 Å². The zero-order valence-corrected chi connectivity index (χ0v) is 20.3. The molecule has 1 aliphatic carbocycles. The second-order valence-electron chi connectivity index (χ2n) is 10.1. The van der Waals surface area contributed by atoms with E-state index in [2.05, 4.69) is 28.1 Å². The molecule has 1 unspecified atom stereocenters. The van der Waals surface area contributed by atoms with Gasteiger partial charge in [0.1, 0.15) is 5.69 Å². The van der Waals surface area contributed by atoms with Gasteiger partial charge in [0.2, 0.25) is 0 Å². The number of nitrogens with zero attached hydrogens (tertiary/aromatic N) is 3. The van der Waals surface area contributed by atoms with E-state index in [0.717, 1.165) is 49.0 Å². The quantitative estimate of drug-likeness (QED) is 0.664. The molecule has 5 rings (SSSR count). The molecular formula is C26H35ClN4O2. The summed E-state index contributed by atoms with van der Waals surface area (Å²) in [6, 6.07) is 6.19. The molecule has 0 spiro atoms. The summed E-state index contributed by atoms with van der Waals surface area (Å²) in [5.74, 6) is 1.23. The van der Waals surface area contributed by atoms with Crippen LogP contribution >= 0.6 is 11.6 Å². The molecule has 2 N–H and O–H groups in total. The highest BCUT2D eigenvalue weighted by Crippen LogP contribution is 2.40. The Balaban J connectivity index is 1.17. The molecule has 1 atom stereocenters. The van der Waals surface area contributed by atoms with Gasteiger partial charge in [-0.25, -0.2) is 0 Å². The molecule has 3 aliphatic rings. The molecule has 1 aromatic heterocycles. The van der Waals surface area contributed by atoms with Crippen molar-refractivity contribution >= 4 is 23.2 Å². The summed E-state index contributed by atoms with van der Waals surface area (Å²) in [6.45, 7) is 5.53. The molecule has 0 saturated carbocycles. The van der Waals surface area contributed by atoms with Gasteiger partial charge in [-0.1, -0.05) is 17.7 Å². The first-order valence-electron chi connectivity index (χ1n) is 12.6. The van der Waals surface area contributed by atoms with E-state index in [-0.39, 0.29) is 12.0 Å². The van der Waals surface area contributed by atoms with Crippen LogP contribution in [0.4, 0.5) is 5.69 Å². The van der Waals surface area contributed by atoms with Crippen LogP contribution in [0.5, 0.6) is 0 Å². The zero-order valence-electron chi connectivity index (χ0n) is 19.5. The van der Waals surface area contributed by atoms with E-state index in [1.165, 1.54) is 36.1 Å². The maximum absolute atomic E-state index is 13.2. The minimum Gasteiger partial charge on any atom is -0.393 e. The molecule has 1 aromatic carbocycles. The number of carbonyl (C=O) groups is 1. The fourth-order valence-corrected chi connectivity index (χ4v) is 6.16. The van der Waals surface area contributed by atoms with Crippen LogP contribution < -0.4 is 4.90 Å². The van der Waals surface area contributed by atoms with Crippen LogP contribution in [0.15, 0.2) is 18.2 Å². The molecule has 1 amide bonds. The first-order valence-corrected chi connectivity index (χ1v) is 12.9. The predicted octanol–water partition coefficient (Wildman–Crippen LogP) is 4.70. The van der Waals surface area contributed by atoms with Gasteiger partial charge < -0.3 is 14.9 Å². The van der Waals surface area contributed by atoms with Crippen molar-refractivity contribution in [1.82, 2.24) is 15.1 Å². The van der Waals surface area contributed by atoms with Crippen LogP contribution in [-0.4, -0.2) is 58.4 Å². The van der Waals surface area contributed by atoms with Crippen LogP contribution in [0.1, 0.15) is 78.2 Å². The van der Waals surface area contributed by atoms with Gasteiger partial charge in [0.25, 0.3) is 5.91 Å². The van der Waals surface area contributed by atoms with Crippen LogP contribution in [-0.2, 0) is 6.42 Å². The number of aliphatic hydroxyl groups is 1. The number of piperidine rings is 2. The number of H-pyrrole nitrogens is 1.